The molecule has 7 nitrogen and oxygen atoms in total. The number of aromatic nitrogens is 2. The van der Waals surface area contributed by atoms with Gasteiger partial charge >= 0.3 is 0 Å². The quantitative estimate of drug-likeness (QED) is 0.894. The first-order valence-electron chi connectivity index (χ1n) is 8.35. The number of nitrogens with one attached hydrogen (secondary N) is 1. The van der Waals surface area contributed by atoms with Crippen molar-refractivity contribution in [1.29, 1.82) is 0 Å². The number of piperazine rings is 1. The predicted molar refractivity (Wildman–Crippen MR) is 99.7 cm³/mol. The number of hydrogen-bond acceptors (Lipinski definition) is 5. The summed E-state index contributed by atoms with van der Waals surface area (Å²) in [6, 6.07) is 8.87. The molecule has 8 heteroatoms. The fraction of sp³-hybridized carbons (Fsp3) is 0.333. The average Bonchev–Trinajstić information content (AvgIpc) is 2.60. The summed E-state index contributed by atoms with van der Waals surface area (Å²) in [5, 5.41) is 3.67. The van der Waals surface area contributed by atoms with Crippen LogP contribution < -0.4 is 5.32 Å². The Bertz CT molecular complexity index is 834. The largest absolute Gasteiger partial charge is 0.339 e. The van der Waals surface area contributed by atoms with Gasteiger partial charge in [0.25, 0.3) is 5.91 Å². The lowest BCUT2D eigenvalue weighted by Crippen LogP contribution is -2.50. The zero-order chi connectivity index (χ0) is 18.7. The fourth-order valence-electron chi connectivity index (χ4n) is 2.82. The number of aryl methyl sites for hydroxylation is 1. The number of amides is 2. The molecule has 1 fully saturated rings. The minimum absolute atomic E-state index is 0.0305. The summed E-state index contributed by atoms with van der Waals surface area (Å²) in [7, 11) is 0. The second-order valence-electron chi connectivity index (χ2n) is 6.15. The minimum atomic E-state index is -0.159. The van der Waals surface area contributed by atoms with Crippen molar-refractivity contribution in [3.63, 3.8) is 0 Å². The molecule has 136 valence electrons. The van der Waals surface area contributed by atoms with E-state index in [-0.39, 0.29) is 11.8 Å². The summed E-state index contributed by atoms with van der Waals surface area (Å²) in [6.07, 6.45) is 0. The highest BCUT2D eigenvalue weighted by Crippen LogP contribution is 2.19. The van der Waals surface area contributed by atoms with Gasteiger partial charge in [0.05, 0.1) is 0 Å². The SMILES string of the molecule is CC(=O)N1CCN(C(=O)c2cc(C)nc(Nc3cccc(Cl)c3)n2)CC1. The summed E-state index contributed by atoms with van der Waals surface area (Å²) in [6.45, 7) is 5.43. The van der Waals surface area contributed by atoms with Crippen LogP contribution in [0.15, 0.2) is 30.3 Å². The lowest BCUT2D eigenvalue weighted by Gasteiger charge is -2.34. The van der Waals surface area contributed by atoms with Gasteiger partial charge in [-0.3, -0.25) is 9.59 Å². The van der Waals surface area contributed by atoms with Gasteiger partial charge in [-0.1, -0.05) is 17.7 Å². The smallest absolute Gasteiger partial charge is 0.272 e. The molecule has 0 unspecified atom stereocenters. The van der Waals surface area contributed by atoms with Crippen LogP contribution in [-0.2, 0) is 4.79 Å². The zero-order valence-electron chi connectivity index (χ0n) is 14.7. The molecule has 1 aromatic carbocycles. The molecule has 1 aliphatic heterocycles. The molecule has 1 saturated heterocycles. The van der Waals surface area contributed by atoms with Gasteiger partial charge in [0.15, 0.2) is 0 Å². The van der Waals surface area contributed by atoms with Gasteiger partial charge in [-0.25, -0.2) is 9.97 Å². The number of hydrogen-bond donors (Lipinski definition) is 1. The lowest BCUT2D eigenvalue weighted by molar-refractivity contribution is -0.130. The summed E-state index contributed by atoms with van der Waals surface area (Å²) in [5.74, 6) is 0.217. The van der Waals surface area contributed by atoms with E-state index in [1.54, 1.807) is 34.9 Å². The molecule has 2 heterocycles. The Hall–Kier alpha value is -2.67. The van der Waals surface area contributed by atoms with Crippen molar-refractivity contribution in [3.05, 3.63) is 46.7 Å². The molecule has 0 atom stereocenters. The number of anilines is 2. The van der Waals surface area contributed by atoms with E-state index in [1.807, 2.05) is 19.1 Å². The van der Waals surface area contributed by atoms with Crippen LogP contribution in [0.25, 0.3) is 0 Å². The number of nitrogens with zero attached hydrogens (tertiary/aromatic N) is 4. The third kappa shape index (κ3) is 4.29. The molecule has 2 amide bonds. The van der Waals surface area contributed by atoms with Gasteiger partial charge in [-0.05, 0) is 31.2 Å². The van der Waals surface area contributed by atoms with Crippen molar-refractivity contribution in [2.75, 3.05) is 31.5 Å². The van der Waals surface area contributed by atoms with E-state index in [2.05, 4.69) is 15.3 Å². The molecule has 1 aliphatic rings. The van der Waals surface area contributed by atoms with Crippen molar-refractivity contribution in [2.24, 2.45) is 0 Å². The normalized spacial score (nSPS) is 14.3. The van der Waals surface area contributed by atoms with Gasteiger partial charge in [0, 0.05) is 49.5 Å². The minimum Gasteiger partial charge on any atom is -0.339 e. The lowest BCUT2D eigenvalue weighted by atomic mass is 10.2. The number of carbonyl (C=O) groups excluding carboxylic acids is 2. The van der Waals surface area contributed by atoms with Crippen LogP contribution >= 0.6 is 11.6 Å². The third-order valence-electron chi connectivity index (χ3n) is 4.17. The highest BCUT2D eigenvalue weighted by atomic mass is 35.5. The maximum absolute atomic E-state index is 12.8. The second-order valence-corrected chi connectivity index (χ2v) is 6.59. The van der Waals surface area contributed by atoms with E-state index in [1.165, 1.54) is 0 Å². The number of halogens is 1. The summed E-state index contributed by atoms with van der Waals surface area (Å²) < 4.78 is 0. The predicted octanol–water partition coefficient (Wildman–Crippen LogP) is 2.49. The van der Waals surface area contributed by atoms with Crippen LogP contribution in [0.1, 0.15) is 23.1 Å². The van der Waals surface area contributed by atoms with Crippen molar-refractivity contribution in [3.8, 4) is 0 Å². The average molecular weight is 374 g/mol. The molecule has 26 heavy (non-hydrogen) atoms. The van der Waals surface area contributed by atoms with E-state index >= 15 is 0 Å². The molecule has 0 saturated carbocycles. The molecule has 3 rings (SSSR count). The molecule has 0 spiro atoms. The summed E-state index contributed by atoms with van der Waals surface area (Å²) in [5.41, 5.74) is 1.77. The molecule has 0 radical (unpaired) electrons. The zero-order valence-corrected chi connectivity index (χ0v) is 15.5. The van der Waals surface area contributed by atoms with Crippen LogP contribution in [0.2, 0.25) is 5.02 Å². The van der Waals surface area contributed by atoms with Gasteiger partial charge < -0.3 is 15.1 Å². The Balaban J connectivity index is 1.75. The molecule has 0 aliphatic carbocycles. The van der Waals surface area contributed by atoms with E-state index in [9.17, 15) is 9.59 Å². The Morgan fingerprint density at radius 3 is 2.42 bits per heavy atom. The van der Waals surface area contributed by atoms with Gasteiger partial charge in [-0.2, -0.15) is 0 Å². The van der Waals surface area contributed by atoms with Crippen LogP contribution in [0.3, 0.4) is 0 Å². The van der Waals surface area contributed by atoms with E-state index < -0.39 is 0 Å². The topological polar surface area (TPSA) is 78.4 Å². The van der Waals surface area contributed by atoms with Crippen LogP contribution in [0.5, 0.6) is 0 Å². The van der Waals surface area contributed by atoms with Crippen molar-refractivity contribution in [1.82, 2.24) is 19.8 Å². The highest BCUT2D eigenvalue weighted by molar-refractivity contribution is 6.30. The number of rotatable bonds is 3. The van der Waals surface area contributed by atoms with Gasteiger partial charge in [0.1, 0.15) is 5.69 Å². The number of benzene rings is 1. The number of carbonyl (C=O) groups is 2. The standard InChI is InChI=1S/C18H20ClN5O2/c1-12-10-16(17(26)24-8-6-23(7-9-24)13(2)25)22-18(20-12)21-15-5-3-4-14(19)11-15/h3-5,10-11H,6-9H2,1-2H3,(H,20,21,22). The van der Waals surface area contributed by atoms with Crippen LogP contribution in [0.4, 0.5) is 11.6 Å². The summed E-state index contributed by atoms with van der Waals surface area (Å²) in [4.78, 5) is 36.3. The van der Waals surface area contributed by atoms with Crippen LogP contribution in [-0.4, -0.2) is 57.8 Å². The molecule has 2 aromatic rings. The van der Waals surface area contributed by atoms with Crippen LogP contribution in [0, 0.1) is 6.92 Å². The third-order valence-corrected chi connectivity index (χ3v) is 4.40. The molecule has 0 bridgehead atoms. The first-order valence-corrected chi connectivity index (χ1v) is 8.73. The van der Waals surface area contributed by atoms with Crippen molar-refractivity contribution >= 4 is 35.1 Å². The monoisotopic (exact) mass is 373 g/mol. The Morgan fingerprint density at radius 1 is 1.08 bits per heavy atom. The Morgan fingerprint density at radius 2 is 1.77 bits per heavy atom. The Kier molecular flexibility index (Phi) is 5.37. The Labute approximate surface area is 157 Å². The summed E-state index contributed by atoms with van der Waals surface area (Å²) >= 11 is 5.99. The molecule has 1 N–H and O–H groups in total. The highest BCUT2D eigenvalue weighted by Gasteiger charge is 2.24. The van der Waals surface area contributed by atoms with E-state index in [0.717, 1.165) is 5.69 Å². The second kappa shape index (κ2) is 7.70. The maximum Gasteiger partial charge on any atom is 0.272 e. The van der Waals surface area contributed by atoms with E-state index in [4.69, 9.17) is 11.6 Å². The molecular formula is C18H20ClN5O2. The van der Waals surface area contributed by atoms with Gasteiger partial charge in [0.2, 0.25) is 11.9 Å². The van der Waals surface area contributed by atoms with E-state index in [0.29, 0.717) is 48.5 Å². The molecular weight excluding hydrogens is 354 g/mol. The van der Waals surface area contributed by atoms with Crippen molar-refractivity contribution in [2.45, 2.75) is 13.8 Å². The first-order chi connectivity index (χ1) is 12.4. The van der Waals surface area contributed by atoms with Gasteiger partial charge in [-0.15, -0.1) is 0 Å². The fourth-order valence-corrected chi connectivity index (χ4v) is 3.01. The maximum atomic E-state index is 12.8. The van der Waals surface area contributed by atoms with Crippen molar-refractivity contribution < 1.29 is 9.59 Å². The molecule has 1 aromatic heterocycles. The first kappa shape index (κ1) is 18.1.